The molecule has 106 valence electrons. The molecule has 1 N–H and O–H groups in total. The molecule has 20 heavy (non-hydrogen) atoms. The second-order valence-corrected chi connectivity index (χ2v) is 5.62. The van der Waals surface area contributed by atoms with Gasteiger partial charge in [0.1, 0.15) is 0 Å². The van der Waals surface area contributed by atoms with E-state index in [1.54, 1.807) is 0 Å². The molecule has 2 aromatic rings. The quantitative estimate of drug-likeness (QED) is 0.821. The van der Waals surface area contributed by atoms with Crippen LogP contribution in [0.3, 0.4) is 0 Å². The molecule has 0 fully saturated rings. The van der Waals surface area contributed by atoms with E-state index in [2.05, 4.69) is 60.5 Å². The van der Waals surface area contributed by atoms with Gasteiger partial charge < -0.3 is 5.32 Å². The molecule has 2 heteroatoms. The van der Waals surface area contributed by atoms with E-state index in [0.717, 1.165) is 25.1 Å². The number of pyridine rings is 1. The molecule has 0 aliphatic heterocycles. The summed E-state index contributed by atoms with van der Waals surface area (Å²) in [5, 5.41) is 3.68. The lowest BCUT2D eigenvalue weighted by Gasteiger charge is -2.21. The lowest BCUT2D eigenvalue weighted by atomic mass is 9.97. The third-order valence-corrected chi connectivity index (χ3v) is 3.41. The molecule has 0 aliphatic rings. The Morgan fingerprint density at radius 1 is 1.00 bits per heavy atom. The molecule has 1 heterocycles. The minimum atomic E-state index is 0.430. The number of rotatable bonds is 7. The minimum absolute atomic E-state index is 0.430. The lowest BCUT2D eigenvalue weighted by molar-refractivity contribution is 0.431. The van der Waals surface area contributed by atoms with Crippen molar-refractivity contribution >= 4 is 0 Å². The van der Waals surface area contributed by atoms with Crippen LogP contribution in [-0.4, -0.2) is 11.5 Å². The highest BCUT2D eigenvalue weighted by Crippen LogP contribution is 2.20. The van der Waals surface area contributed by atoms with Gasteiger partial charge in [-0.25, -0.2) is 0 Å². The zero-order valence-corrected chi connectivity index (χ0v) is 12.4. The van der Waals surface area contributed by atoms with E-state index in [1.807, 2.05) is 18.3 Å². The van der Waals surface area contributed by atoms with Crippen LogP contribution in [0, 0.1) is 5.92 Å². The van der Waals surface area contributed by atoms with Crippen molar-refractivity contribution in [2.45, 2.75) is 32.7 Å². The second-order valence-electron chi connectivity index (χ2n) is 5.62. The van der Waals surface area contributed by atoms with Gasteiger partial charge in [0.15, 0.2) is 0 Å². The van der Waals surface area contributed by atoms with Gasteiger partial charge in [-0.05, 0) is 30.0 Å². The molecule has 1 aromatic heterocycles. The summed E-state index contributed by atoms with van der Waals surface area (Å²) in [4.78, 5) is 4.37. The van der Waals surface area contributed by atoms with Gasteiger partial charge in [-0.15, -0.1) is 0 Å². The van der Waals surface area contributed by atoms with E-state index < -0.39 is 0 Å². The third-order valence-electron chi connectivity index (χ3n) is 3.41. The van der Waals surface area contributed by atoms with E-state index in [4.69, 9.17) is 0 Å². The Kier molecular flexibility index (Phi) is 5.75. The zero-order chi connectivity index (χ0) is 14.2. The molecule has 0 bridgehead atoms. The first kappa shape index (κ1) is 14.7. The topological polar surface area (TPSA) is 24.9 Å². The normalized spacial score (nSPS) is 12.6. The van der Waals surface area contributed by atoms with Crippen LogP contribution in [0.25, 0.3) is 0 Å². The molecular weight excluding hydrogens is 244 g/mol. The highest BCUT2D eigenvalue weighted by molar-refractivity contribution is 5.19. The Labute approximate surface area is 122 Å². The smallest absolute Gasteiger partial charge is 0.0416 e. The van der Waals surface area contributed by atoms with Crippen LogP contribution >= 0.6 is 0 Å². The summed E-state index contributed by atoms with van der Waals surface area (Å²) < 4.78 is 0. The predicted octanol–water partition coefficient (Wildman–Crippen LogP) is 4.00. The van der Waals surface area contributed by atoms with Crippen molar-refractivity contribution in [1.29, 1.82) is 0 Å². The molecule has 0 saturated heterocycles. The number of aromatic nitrogens is 1. The first-order chi connectivity index (χ1) is 9.75. The third kappa shape index (κ3) is 4.78. The van der Waals surface area contributed by atoms with Gasteiger partial charge in [-0.1, -0.05) is 50.2 Å². The Morgan fingerprint density at radius 3 is 2.40 bits per heavy atom. The number of nitrogens with zero attached hydrogens (tertiary/aromatic N) is 1. The molecule has 1 unspecified atom stereocenters. The summed E-state index contributed by atoms with van der Waals surface area (Å²) in [5.41, 5.74) is 2.53. The van der Waals surface area contributed by atoms with Crippen molar-refractivity contribution in [3.05, 3.63) is 66.0 Å². The van der Waals surface area contributed by atoms with E-state index >= 15 is 0 Å². The van der Waals surface area contributed by atoms with Gasteiger partial charge in [0.25, 0.3) is 0 Å². The Bertz CT molecular complexity index is 479. The van der Waals surface area contributed by atoms with Crippen LogP contribution in [0.2, 0.25) is 0 Å². The fourth-order valence-corrected chi connectivity index (χ4v) is 2.41. The zero-order valence-electron chi connectivity index (χ0n) is 12.4. The van der Waals surface area contributed by atoms with Gasteiger partial charge in [-0.3, -0.25) is 4.98 Å². The average Bonchev–Trinajstić information content (AvgIpc) is 2.48. The largest absolute Gasteiger partial charge is 0.310 e. The summed E-state index contributed by atoms with van der Waals surface area (Å²) in [7, 11) is 0. The average molecular weight is 268 g/mol. The SMILES string of the molecule is CC(C)CC(NCCc1ccccn1)c1ccccc1. The maximum absolute atomic E-state index is 4.37. The van der Waals surface area contributed by atoms with E-state index in [9.17, 15) is 0 Å². The molecule has 1 atom stereocenters. The van der Waals surface area contributed by atoms with E-state index in [-0.39, 0.29) is 0 Å². The summed E-state index contributed by atoms with van der Waals surface area (Å²) in [6.07, 6.45) is 3.99. The maximum atomic E-state index is 4.37. The Hall–Kier alpha value is -1.67. The molecule has 1 aromatic carbocycles. The van der Waals surface area contributed by atoms with Crippen molar-refractivity contribution < 1.29 is 0 Å². The number of hydrogen-bond acceptors (Lipinski definition) is 2. The van der Waals surface area contributed by atoms with Gasteiger partial charge in [-0.2, -0.15) is 0 Å². The summed E-state index contributed by atoms with van der Waals surface area (Å²) in [6.45, 7) is 5.51. The van der Waals surface area contributed by atoms with Gasteiger partial charge in [0.05, 0.1) is 0 Å². The van der Waals surface area contributed by atoms with Gasteiger partial charge in [0, 0.05) is 30.9 Å². The number of hydrogen-bond donors (Lipinski definition) is 1. The van der Waals surface area contributed by atoms with Crippen LogP contribution in [0.1, 0.15) is 37.6 Å². The van der Waals surface area contributed by atoms with Crippen LogP contribution in [0.15, 0.2) is 54.7 Å². The van der Waals surface area contributed by atoms with E-state index in [0.29, 0.717) is 12.0 Å². The van der Waals surface area contributed by atoms with Crippen molar-refractivity contribution in [3.63, 3.8) is 0 Å². The highest BCUT2D eigenvalue weighted by Gasteiger charge is 2.12. The van der Waals surface area contributed by atoms with Crippen molar-refractivity contribution in [3.8, 4) is 0 Å². The van der Waals surface area contributed by atoms with Crippen LogP contribution < -0.4 is 5.32 Å². The number of benzene rings is 1. The summed E-state index contributed by atoms with van der Waals surface area (Å²) >= 11 is 0. The molecule has 0 radical (unpaired) electrons. The molecule has 2 nitrogen and oxygen atoms in total. The fraction of sp³-hybridized carbons (Fsp3) is 0.389. The fourth-order valence-electron chi connectivity index (χ4n) is 2.41. The molecule has 0 amide bonds. The Morgan fingerprint density at radius 2 is 1.75 bits per heavy atom. The summed E-state index contributed by atoms with van der Waals surface area (Å²) in [5.74, 6) is 0.683. The first-order valence-corrected chi connectivity index (χ1v) is 7.44. The molecule has 0 saturated carbocycles. The maximum Gasteiger partial charge on any atom is 0.0416 e. The molecule has 0 aliphatic carbocycles. The second kappa shape index (κ2) is 7.81. The van der Waals surface area contributed by atoms with Crippen molar-refractivity contribution in [2.75, 3.05) is 6.54 Å². The van der Waals surface area contributed by atoms with Crippen molar-refractivity contribution in [2.24, 2.45) is 5.92 Å². The standard InChI is InChI=1S/C18H24N2/c1-15(2)14-18(16-8-4-3-5-9-16)20-13-11-17-10-6-7-12-19-17/h3-10,12,15,18,20H,11,13-14H2,1-2H3. The van der Waals surface area contributed by atoms with Crippen LogP contribution in [0.4, 0.5) is 0 Å². The molecule has 2 rings (SSSR count). The summed E-state index contributed by atoms with van der Waals surface area (Å²) in [6, 6.07) is 17.2. The van der Waals surface area contributed by atoms with Gasteiger partial charge >= 0.3 is 0 Å². The monoisotopic (exact) mass is 268 g/mol. The molecule has 0 spiro atoms. The minimum Gasteiger partial charge on any atom is -0.310 e. The van der Waals surface area contributed by atoms with Crippen LogP contribution in [-0.2, 0) is 6.42 Å². The van der Waals surface area contributed by atoms with Gasteiger partial charge in [0.2, 0.25) is 0 Å². The Balaban J connectivity index is 1.91. The lowest BCUT2D eigenvalue weighted by Crippen LogP contribution is -2.25. The first-order valence-electron chi connectivity index (χ1n) is 7.44. The predicted molar refractivity (Wildman–Crippen MR) is 84.6 cm³/mol. The van der Waals surface area contributed by atoms with Crippen molar-refractivity contribution in [1.82, 2.24) is 10.3 Å². The number of nitrogens with one attached hydrogen (secondary N) is 1. The van der Waals surface area contributed by atoms with Crippen LogP contribution in [0.5, 0.6) is 0 Å². The molecular formula is C18H24N2. The highest BCUT2D eigenvalue weighted by atomic mass is 14.9. The van der Waals surface area contributed by atoms with E-state index in [1.165, 1.54) is 5.56 Å².